The van der Waals surface area contributed by atoms with Crippen LogP contribution in [0.25, 0.3) is 0 Å². The minimum Gasteiger partial charge on any atom is -0.481 e. The van der Waals surface area contributed by atoms with Gasteiger partial charge in [0.1, 0.15) is 0 Å². The van der Waals surface area contributed by atoms with Gasteiger partial charge in [0.05, 0.1) is 6.42 Å². The van der Waals surface area contributed by atoms with Gasteiger partial charge in [0.15, 0.2) is 0 Å². The Balaban J connectivity index is 2.82. The predicted molar refractivity (Wildman–Crippen MR) is 75.1 cm³/mol. The van der Waals surface area contributed by atoms with Crippen LogP contribution in [0, 0.1) is 12.8 Å². The lowest BCUT2D eigenvalue weighted by Gasteiger charge is -2.28. The molecule has 0 saturated carbocycles. The minimum absolute atomic E-state index is 0.185. The Morgan fingerprint density at radius 3 is 2.61 bits per heavy atom. The number of rotatable bonds is 7. The maximum absolute atomic E-state index is 10.7. The van der Waals surface area contributed by atoms with Gasteiger partial charge in [-0.2, -0.15) is 0 Å². The molecule has 0 spiro atoms. The van der Waals surface area contributed by atoms with E-state index in [0.29, 0.717) is 12.5 Å². The number of nitrogens with zero attached hydrogens (tertiary/aromatic N) is 1. The van der Waals surface area contributed by atoms with Crippen LogP contribution in [-0.4, -0.2) is 24.2 Å². The lowest BCUT2D eigenvalue weighted by atomic mass is 10.1. The molecular formula is C15H23NO2. The first kappa shape index (κ1) is 14.6. The van der Waals surface area contributed by atoms with E-state index in [1.54, 1.807) is 0 Å². The molecule has 18 heavy (non-hydrogen) atoms. The summed E-state index contributed by atoms with van der Waals surface area (Å²) in [5, 5.41) is 8.84. The van der Waals surface area contributed by atoms with Crippen LogP contribution in [-0.2, 0) is 4.79 Å². The normalized spacial score (nSPS) is 12.2. The highest BCUT2D eigenvalue weighted by Crippen LogP contribution is 2.21. The summed E-state index contributed by atoms with van der Waals surface area (Å²) in [6.45, 7) is 7.92. The van der Waals surface area contributed by atoms with Crippen LogP contribution in [0.15, 0.2) is 24.3 Å². The molecule has 0 aliphatic heterocycles. The summed E-state index contributed by atoms with van der Waals surface area (Å²) >= 11 is 0. The number of para-hydroxylation sites is 1. The summed E-state index contributed by atoms with van der Waals surface area (Å²) in [7, 11) is 0. The van der Waals surface area contributed by atoms with Crippen LogP contribution in [0.3, 0.4) is 0 Å². The van der Waals surface area contributed by atoms with E-state index in [-0.39, 0.29) is 6.42 Å². The summed E-state index contributed by atoms with van der Waals surface area (Å²) in [5.74, 6) is -0.170. The largest absolute Gasteiger partial charge is 0.481 e. The molecule has 1 rings (SSSR count). The molecule has 100 valence electrons. The van der Waals surface area contributed by atoms with Crippen LogP contribution < -0.4 is 4.90 Å². The van der Waals surface area contributed by atoms with Crippen molar-refractivity contribution in [1.82, 2.24) is 0 Å². The average Bonchev–Trinajstić information content (AvgIpc) is 2.34. The number of aryl methyl sites for hydroxylation is 1. The van der Waals surface area contributed by atoms with Crippen molar-refractivity contribution in [3.8, 4) is 0 Å². The molecular weight excluding hydrogens is 226 g/mol. The number of aliphatic carboxylic acids is 1. The zero-order valence-corrected chi connectivity index (χ0v) is 11.5. The standard InChI is InChI=1S/C15H23NO2/c1-4-12(2)11-16(10-9-15(17)18)14-8-6-5-7-13(14)3/h5-8,12H,4,9-11H2,1-3H3,(H,17,18). The first-order valence-electron chi connectivity index (χ1n) is 6.57. The van der Waals surface area contributed by atoms with Gasteiger partial charge in [-0.3, -0.25) is 4.79 Å². The molecule has 0 amide bonds. The topological polar surface area (TPSA) is 40.5 Å². The molecule has 0 aliphatic carbocycles. The Bertz CT molecular complexity index is 390. The molecule has 0 bridgehead atoms. The zero-order valence-electron chi connectivity index (χ0n) is 11.5. The predicted octanol–water partition coefficient (Wildman–Crippen LogP) is 3.32. The third-order valence-corrected chi connectivity index (χ3v) is 3.28. The summed E-state index contributed by atoms with van der Waals surface area (Å²) < 4.78 is 0. The molecule has 3 heteroatoms. The SMILES string of the molecule is CCC(C)CN(CCC(=O)O)c1ccccc1C. The van der Waals surface area contributed by atoms with Gasteiger partial charge in [0.25, 0.3) is 0 Å². The third kappa shape index (κ3) is 4.40. The summed E-state index contributed by atoms with van der Waals surface area (Å²) in [6.07, 6.45) is 1.29. The van der Waals surface area contributed by atoms with Gasteiger partial charge in [-0.05, 0) is 24.5 Å². The maximum atomic E-state index is 10.7. The van der Waals surface area contributed by atoms with Crippen LogP contribution in [0.5, 0.6) is 0 Å². The van der Waals surface area contributed by atoms with Gasteiger partial charge in [0, 0.05) is 18.8 Å². The Morgan fingerprint density at radius 1 is 1.39 bits per heavy atom. The van der Waals surface area contributed by atoms with Crippen LogP contribution >= 0.6 is 0 Å². The zero-order chi connectivity index (χ0) is 13.5. The van der Waals surface area contributed by atoms with Crippen molar-refractivity contribution in [1.29, 1.82) is 0 Å². The first-order chi connectivity index (χ1) is 8.54. The molecule has 0 aliphatic rings. The number of carboxylic acids is 1. The highest BCUT2D eigenvalue weighted by molar-refractivity contribution is 5.68. The third-order valence-electron chi connectivity index (χ3n) is 3.28. The average molecular weight is 249 g/mol. The quantitative estimate of drug-likeness (QED) is 0.806. The highest BCUT2D eigenvalue weighted by atomic mass is 16.4. The fourth-order valence-electron chi connectivity index (χ4n) is 1.96. The van der Waals surface area contributed by atoms with Gasteiger partial charge < -0.3 is 10.0 Å². The molecule has 0 aromatic heterocycles. The van der Waals surface area contributed by atoms with E-state index in [0.717, 1.165) is 18.7 Å². The fourth-order valence-corrected chi connectivity index (χ4v) is 1.96. The molecule has 0 radical (unpaired) electrons. The Labute approximate surface area is 109 Å². The number of hydrogen-bond acceptors (Lipinski definition) is 2. The molecule has 3 nitrogen and oxygen atoms in total. The second kappa shape index (κ2) is 7.04. The van der Waals surface area contributed by atoms with Crippen LogP contribution in [0.2, 0.25) is 0 Å². The van der Waals surface area contributed by atoms with E-state index in [2.05, 4.69) is 37.8 Å². The fraction of sp³-hybridized carbons (Fsp3) is 0.533. The smallest absolute Gasteiger partial charge is 0.305 e. The summed E-state index contributed by atoms with van der Waals surface area (Å²) in [5.41, 5.74) is 2.35. The Morgan fingerprint density at radius 2 is 2.06 bits per heavy atom. The van der Waals surface area contributed by atoms with Crippen LogP contribution in [0.1, 0.15) is 32.3 Å². The van der Waals surface area contributed by atoms with Crippen molar-refractivity contribution in [3.05, 3.63) is 29.8 Å². The van der Waals surface area contributed by atoms with Crippen molar-refractivity contribution in [3.63, 3.8) is 0 Å². The molecule has 0 saturated heterocycles. The van der Waals surface area contributed by atoms with E-state index in [9.17, 15) is 4.79 Å². The Kier molecular flexibility index (Phi) is 5.69. The molecule has 1 aromatic rings. The molecule has 1 atom stereocenters. The van der Waals surface area contributed by atoms with Crippen molar-refractivity contribution >= 4 is 11.7 Å². The molecule has 0 heterocycles. The van der Waals surface area contributed by atoms with Gasteiger partial charge in [-0.25, -0.2) is 0 Å². The van der Waals surface area contributed by atoms with Crippen molar-refractivity contribution in [2.24, 2.45) is 5.92 Å². The van der Waals surface area contributed by atoms with E-state index >= 15 is 0 Å². The van der Waals surface area contributed by atoms with Crippen molar-refractivity contribution in [2.75, 3.05) is 18.0 Å². The Hall–Kier alpha value is -1.51. The van der Waals surface area contributed by atoms with Gasteiger partial charge in [-0.15, -0.1) is 0 Å². The molecule has 0 fully saturated rings. The lowest BCUT2D eigenvalue weighted by Crippen LogP contribution is -2.31. The van der Waals surface area contributed by atoms with E-state index in [1.165, 1.54) is 5.56 Å². The molecule has 1 unspecified atom stereocenters. The van der Waals surface area contributed by atoms with Gasteiger partial charge in [0.2, 0.25) is 0 Å². The highest BCUT2D eigenvalue weighted by Gasteiger charge is 2.13. The summed E-state index contributed by atoms with van der Waals surface area (Å²) in [4.78, 5) is 12.9. The second-order valence-corrected chi connectivity index (χ2v) is 4.89. The van der Waals surface area contributed by atoms with E-state index in [1.807, 2.05) is 12.1 Å². The van der Waals surface area contributed by atoms with Crippen molar-refractivity contribution < 1.29 is 9.90 Å². The number of benzene rings is 1. The number of anilines is 1. The maximum Gasteiger partial charge on any atom is 0.305 e. The van der Waals surface area contributed by atoms with Crippen molar-refractivity contribution in [2.45, 2.75) is 33.6 Å². The van der Waals surface area contributed by atoms with Gasteiger partial charge >= 0.3 is 5.97 Å². The first-order valence-corrected chi connectivity index (χ1v) is 6.57. The summed E-state index contributed by atoms with van der Waals surface area (Å²) in [6, 6.07) is 8.16. The monoisotopic (exact) mass is 249 g/mol. The molecule has 1 N–H and O–H groups in total. The number of carboxylic acid groups (broad SMARTS) is 1. The van der Waals surface area contributed by atoms with E-state index < -0.39 is 5.97 Å². The number of carbonyl (C=O) groups is 1. The lowest BCUT2D eigenvalue weighted by molar-refractivity contribution is -0.136. The van der Waals surface area contributed by atoms with Gasteiger partial charge in [-0.1, -0.05) is 38.5 Å². The van der Waals surface area contributed by atoms with Crippen LogP contribution in [0.4, 0.5) is 5.69 Å². The number of hydrogen-bond donors (Lipinski definition) is 1. The van der Waals surface area contributed by atoms with E-state index in [4.69, 9.17) is 5.11 Å². The molecule has 1 aromatic carbocycles. The minimum atomic E-state index is -0.738. The second-order valence-electron chi connectivity index (χ2n) is 4.89.